The predicted molar refractivity (Wildman–Crippen MR) is 153 cm³/mol. The number of fused-ring (bicyclic) bond motifs is 1. The van der Waals surface area contributed by atoms with Crippen molar-refractivity contribution in [2.75, 3.05) is 13.6 Å². The summed E-state index contributed by atoms with van der Waals surface area (Å²) in [6.07, 6.45) is 5.21. The SMILES string of the molecule is CC(C(=O)NC1CCCCC1)N(Cc1cccc(Br)c1)C(=O)CN(C)S(=O)(=O)c1ccc2ccccc2c1. The second kappa shape index (κ2) is 12.4. The number of amides is 2. The fourth-order valence-corrected chi connectivity index (χ4v) is 6.46. The quantitative estimate of drug-likeness (QED) is 0.371. The Labute approximate surface area is 233 Å². The third-order valence-electron chi connectivity index (χ3n) is 7.15. The maximum absolute atomic E-state index is 13.6. The largest absolute Gasteiger partial charge is 0.352 e. The fourth-order valence-electron chi connectivity index (χ4n) is 4.86. The number of hydrogen-bond acceptors (Lipinski definition) is 4. The van der Waals surface area contributed by atoms with E-state index in [-0.39, 0.29) is 29.9 Å². The first kappa shape index (κ1) is 28.3. The van der Waals surface area contributed by atoms with Crippen LogP contribution in [0.25, 0.3) is 10.8 Å². The van der Waals surface area contributed by atoms with Gasteiger partial charge in [-0.3, -0.25) is 9.59 Å². The fraction of sp³-hybridized carbons (Fsp3) is 0.379. The van der Waals surface area contributed by atoms with E-state index < -0.39 is 22.0 Å². The van der Waals surface area contributed by atoms with Gasteiger partial charge in [0.1, 0.15) is 6.04 Å². The van der Waals surface area contributed by atoms with Gasteiger partial charge in [-0.2, -0.15) is 4.31 Å². The zero-order valence-corrected chi connectivity index (χ0v) is 24.2. The van der Waals surface area contributed by atoms with Crippen LogP contribution in [-0.2, 0) is 26.2 Å². The Morgan fingerprint density at radius 1 is 0.974 bits per heavy atom. The van der Waals surface area contributed by atoms with Crippen LogP contribution >= 0.6 is 15.9 Å². The molecule has 0 radical (unpaired) electrons. The van der Waals surface area contributed by atoms with Gasteiger partial charge in [0.2, 0.25) is 21.8 Å². The molecule has 1 saturated carbocycles. The molecule has 1 atom stereocenters. The van der Waals surface area contributed by atoms with Gasteiger partial charge < -0.3 is 10.2 Å². The van der Waals surface area contributed by atoms with Crippen LogP contribution < -0.4 is 5.32 Å². The number of nitrogens with one attached hydrogen (secondary N) is 1. The highest BCUT2D eigenvalue weighted by atomic mass is 79.9. The molecule has 0 bridgehead atoms. The Kier molecular flexibility index (Phi) is 9.23. The van der Waals surface area contributed by atoms with Crippen molar-refractivity contribution in [3.8, 4) is 0 Å². The maximum Gasteiger partial charge on any atom is 0.243 e. The molecule has 9 heteroatoms. The van der Waals surface area contributed by atoms with Crippen molar-refractivity contribution in [1.29, 1.82) is 0 Å². The molecule has 1 unspecified atom stereocenters. The van der Waals surface area contributed by atoms with Gasteiger partial charge in [0.05, 0.1) is 11.4 Å². The molecule has 0 saturated heterocycles. The van der Waals surface area contributed by atoms with Gasteiger partial charge in [-0.05, 0) is 60.4 Å². The average molecular weight is 601 g/mol. The lowest BCUT2D eigenvalue weighted by Crippen LogP contribution is -2.52. The molecule has 0 aliphatic heterocycles. The minimum absolute atomic E-state index is 0.109. The lowest BCUT2D eigenvalue weighted by molar-refractivity contribution is -0.141. The molecular weight excluding hydrogens is 566 g/mol. The molecule has 38 heavy (non-hydrogen) atoms. The molecule has 3 aromatic rings. The van der Waals surface area contributed by atoms with Gasteiger partial charge in [0.25, 0.3) is 0 Å². The first-order valence-electron chi connectivity index (χ1n) is 12.9. The molecule has 202 valence electrons. The number of halogens is 1. The molecular formula is C29H34BrN3O4S. The van der Waals surface area contributed by atoms with Crippen molar-refractivity contribution in [1.82, 2.24) is 14.5 Å². The van der Waals surface area contributed by atoms with E-state index in [0.29, 0.717) is 0 Å². The summed E-state index contributed by atoms with van der Waals surface area (Å²) in [6.45, 7) is 1.50. The average Bonchev–Trinajstić information content (AvgIpc) is 2.91. The number of likely N-dealkylation sites (N-methyl/N-ethyl adjacent to an activating group) is 1. The monoisotopic (exact) mass is 599 g/mol. The summed E-state index contributed by atoms with van der Waals surface area (Å²) >= 11 is 3.46. The summed E-state index contributed by atoms with van der Waals surface area (Å²) in [4.78, 5) is 28.4. The van der Waals surface area contributed by atoms with Gasteiger partial charge in [-0.25, -0.2) is 8.42 Å². The molecule has 1 aliphatic carbocycles. The topological polar surface area (TPSA) is 86.8 Å². The normalized spacial score (nSPS) is 15.4. The van der Waals surface area contributed by atoms with E-state index in [1.807, 2.05) is 48.5 Å². The molecule has 2 amide bonds. The second-order valence-electron chi connectivity index (χ2n) is 9.94. The van der Waals surface area contributed by atoms with E-state index in [1.54, 1.807) is 25.1 Å². The molecule has 1 fully saturated rings. The number of benzene rings is 3. The molecule has 0 heterocycles. The lowest BCUT2D eigenvalue weighted by Gasteiger charge is -2.32. The number of hydrogen-bond donors (Lipinski definition) is 1. The van der Waals surface area contributed by atoms with Crippen molar-refractivity contribution in [3.05, 3.63) is 76.8 Å². The lowest BCUT2D eigenvalue weighted by atomic mass is 9.95. The summed E-state index contributed by atoms with van der Waals surface area (Å²) in [5, 5.41) is 4.84. The van der Waals surface area contributed by atoms with Crippen LogP contribution in [0.4, 0.5) is 0 Å². The van der Waals surface area contributed by atoms with Crippen LogP contribution in [-0.4, -0.2) is 55.1 Å². The second-order valence-corrected chi connectivity index (χ2v) is 12.9. The van der Waals surface area contributed by atoms with Crippen LogP contribution in [0, 0.1) is 0 Å². The zero-order valence-electron chi connectivity index (χ0n) is 21.8. The van der Waals surface area contributed by atoms with Crippen LogP contribution in [0.3, 0.4) is 0 Å². The van der Waals surface area contributed by atoms with Gasteiger partial charge in [-0.1, -0.05) is 77.7 Å². The standard InChI is InChI=1S/C29H34BrN3O4S/c1-21(29(35)31-26-13-4-3-5-14-26)33(19-22-9-8-12-25(30)17-22)28(34)20-32(2)38(36,37)27-16-15-23-10-6-7-11-24(23)18-27/h6-12,15-18,21,26H,3-5,13-14,19-20H2,1-2H3,(H,31,35). The summed E-state index contributed by atoms with van der Waals surface area (Å²) in [6, 6.07) is 19.3. The third-order valence-corrected chi connectivity index (χ3v) is 9.44. The first-order chi connectivity index (χ1) is 18.1. The molecule has 3 aromatic carbocycles. The van der Waals surface area contributed by atoms with Crippen molar-refractivity contribution < 1.29 is 18.0 Å². The van der Waals surface area contributed by atoms with Gasteiger partial charge in [-0.15, -0.1) is 0 Å². The van der Waals surface area contributed by atoms with Crippen molar-refractivity contribution >= 4 is 48.5 Å². The third kappa shape index (κ3) is 6.81. The smallest absolute Gasteiger partial charge is 0.243 e. The summed E-state index contributed by atoms with van der Waals surface area (Å²) in [7, 11) is -2.53. The molecule has 1 N–H and O–H groups in total. The number of nitrogens with zero attached hydrogens (tertiary/aromatic N) is 2. The van der Waals surface area contributed by atoms with Crippen LogP contribution in [0.2, 0.25) is 0 Å². The molecule has 4 rings (SSSR count). The van der Waals surface area contributed by atoms with Crippen molar-refractivity contribution in [3.63, 3.8) is 0 Å². The Balaban J connectivity index is 1.54. The first-order valence-corrected chi connectivity index (χ1v) is 15.2. The van der Waals surface area contributed by atoms with Gasteiger partial charge in [0.15, 0.2) is 0 Å². The Morgan fingerprint density at radius 2 is 1.68 bits per heavy atom. The number of rotatable bonds is 9. The minimum atomic E-state index is -3.93. The van der Waals surface area contributed by atoms with E-state index in [4.69, 9.17) is 0 Å². The zero-order chi connectivity index (χ0) is 27.3. The predicted octanol–water partition coefficient (Wildman–Crippen LogP) is 5.09. The summed E-state index contributed by atoms with van der Waals surface area (Å²) < 4.78 is 28.7. The van der Waals surface area contributed by atoms with E-state index in [0.717, 1.165) is 50.8 Å². The van der Waals surface area contributed by atoms with Gasteiger partial charge >= 0.3 is 0 Å². The van der Waals surface area contributed by atoms with Gasteiger partial charge in [0, 0.05) is 24.1 Å². The van der Waals surface area contributed by atoms with E-state index in [9.17, 15) is 18.0 Å². The minimum Gasteiger partial charge on any atom is -0.352 e. The van der Waals surface area contributed by atoms with Crippen LogP contribution in [0.15, 0.2) is 76.1 Å². The van der Waals surface area contributed by atoms with Crippen molar-refractivity contribution in [2.45, 2.75) is 62.6 Å². The summed E-state index contributed by atoms with van der Waals surface area (Å²) in [5.74, 6) is -0.663. The Morgan fingerprint density at radius 3 is 2.39 bits per heavy atom. The highest BCUT2D eigenvalue weighted by Crippen LogP contribution is 2.23. The molecule has 7 nitrogen and oxygen atoms in total. The van der Waals surface area contributed by atoms with Crippen molar-refractivity contribution in [2.24, 2.45) is 0 Å². The Hall–Kier alpha value is -2.75. The summed E-state index contributed by atoms with van der Waals surface area (Å²) in [5.41, 5.74) is 0.838. The number of carbonyl (C=O) groups excluding carboxylic acids is 2. The van der Waals surface area contributed by atoms with Crippen LogP contribution in [0.1, 0.15) is 44.6 Å². The van der Waals surface area contributed by atoms with E-state index >= 15 is 0 Å². The maximum atomic E-state index is 13.6. The van der Waals surface area contributed by atoms with E-state index in [1.165, 1.54) is 18.4 Å². The Bertz CT molecular complexity index is 1410. The molecule has 1 aliphatic rings. The molecule has 0 spiro atoms. The van der Waals surface area contributed by atoms with Crippen LogP contribution in [0.5, 0.6) is 0 Å². The van der Waals surface area contributed by atoms with E-state index in [2.05, 4.69) is 21.2 Å². The number of sulfonamides is 1. The number of carbonyl (C=O) groups is 2. The molecule has 0 aromatic heterocycles. The highest BCUT2D eigenvalue weighted by molar-refractivity contribution is 9.10. The highest BCUT2D eigenvalue weighted by Gasteiger charge is 2.31.